The number of phenols is 1. The number of alkyl halides is 1. The molecule has 2 atom stereocenters. The number of benzene rings is 1. The van der Waals surface area contributed by atoms with Gasteiger partial charge in [0, 0.05) is 16.9 Å². The van der Waals surface area contributed by atoms with Crippen LogP contribution >= 0.6 is 23.2 Å². The van der Waals surface area contributed by atoms with E-state index in [-0.39, 0.29) is 23.3 Å². The quantitative estimate of drug-likeness (QED) is 0.839. The van der Waals surface area contributed by atoms with Gasteiger partial charge in [0.15, 0.2) is 0 Å². The lowest BCUT2D eigenvalue weighted by Gasteiger charge is -2.19. The molecule has 0 heterocycles. The van der Waals surface area contributed by atoms with Gasteiger partial charge in [0.25, 0.3) is 5.91 Å². The monoisotopic (exact) mass is 287 g/mol. The molecule has 0 bridgehead atoms. The maximum atomic E-state index is 12.0. The molecule has 0 aliphatic heterocycles. The van der Waals surface area contributed by atoms with Crippen molar-refractivity contribution in [2.75, 3.05) is 5.88 Å². The number of carbonyl (C=O) groups excluding carboxylic acids is 1. The zero-order valence-electron chi connectivity index (χ0n) is 9.83. The lowest BCUT2D eigenvalue weighted by atomic mass is 10.1. The van der Waals surface area contributed by atoms with E-state index in [2.05, 4.69) is 5.32 Å². The minimum absolute atomic E-state index is 0.0968. The largest absolute Gasteiger partial charge is 0.507 e. The molecule has 1 amide bonds. The third-order valence-electron chi connectivity index (χ3n) is 3.38. The highest BCUT2D eigenvalue weighted by atomic mass is 35.5. The summed E-state index contributed by atoms with van der Waals surface area (Å²) in [6.07, 6.45) is 3.06. The van der Waals surface area contributed by atoms with Crippen LogP contribution in [0, 0.1) is 5.92 Å². The van der Waals surface area contributed by atoms with Crippen molar-refractivity contribution in [1.29, 1.82) is 0 Å². The van der Waals surface area contributed by atoms with Crippen molar-refractivity contribution in [3.8, 4) is 5.75 Å². The van der Waals surface area contributed by atoms with E-state index >= 15 is 0 Å². The molecule has 1 aromatic rings. The van der Waals surface area contributed by atoms with Crippen LogP contribution in [0.5, 0.6) is 5.75 Å². The fraction of sp³-hybridized carbons (Fsp3) is 0.462. The Labute approximate surface area is 116 Å². The van der Waals surface area contributed by atoms with E-state index in [4.69, 9.17) is 23.2 Å². The fourth-order valence-corrected chi connectivity index (χ4v) is 2.89. The van der Waals surface area contributed by atoms with Gasteiger partial charge in [-0.3, -0.25) is 4.79 Å². The van der Waals surface area contributed by atoms with Gasteiger partial charge in [-0.2, -0.15) is 0 Å². The number of amides is 1. The molecular formula is C13H15Cl2NO2. The first kappa shape index (κ1) is 13.5. The van der Waals surface area contributed by atoms with Gasteiger partial charge in [0.1, 0.15) is 5.75 Å². The molecule has 1 aromatic carbocycles. The summed E-state index contributed by atoms with van der Waals surface area (Å²) >= 11 is 11.6. The van der Waals surface area contributed by atoms with Gasteiger partial charge >= 0.3 is 0 Å². The minimum atomic E-state index is -0.272. The molecule has 0 spiro atoms. The lowest BCUT2D eigenvalue weighted by molar-refractivity contribution is 0.0927. The Hall–Kier alpha value is -0.930. The summed E-state index contributed by atoms with van der Waals surface area (Å²) in [5.41, 5.74) is 0.250. The first-order valence-corrected chi connectivity index (χ1v) is 6.88. The molecule has 18 heavy (non-hydrogen) atoms. The van der Waals surface area contributed by atoms with E-state index in [1.165, 1.54) is 12.1 Å². The van der Waals surface area contributed by atoms with Gasteiger partial charge in [-0.15, -0.1) is 11.6 Å². The molecule has 1 aliphatic rings. The molecule has 2 rings (SSSR count). The van der Waals surface area contributed by atoms with Crippen molar-refractivity contribution >= 4 is 29.1 Å². The number of carbonyl (C=O) groups is 1. The summed E-state index contributed by atoms with van der Waals surface area (Å²) in [7, 11) is 0. The number of phenolic OH excluding ortho intramolecular Hbond substituents is 1. The second kappa shape index (κ2) is 5.81. The summed E-state index contributed by atoms with van der Waals surface area (Å²) in [4.78, 5) is 12.0. The van der Waals surface area contributed by atoms with Crippen LogP contribution in [-0.2, 0) is 0 Å². The molecule has 0 saturated heterocycles. The van der Waals surface area contributed by atoms with Crippen LogP contribution < -0.4 is 5.32 Å². The molecule has 1 saturated carbocycles. The van der Waals surface area contributed by atoms with E-state index < -0.39 is 0 Å². The summed E-state index contributed by atoms with van der Waals surface area (Å²) in [6, 6.07) is 4.58. The number of nitrogens with one attached hydrogen (secondary N) is 1. The second-order valence-electron chi connectivity index (χ2n) is 4.59. The minimum Gasteiger partial charge on any atom is -0.507 e. The van der Waals surface area contributed by atoms with E-state index in [1.54, 1.807) is 6.07 Å². The smallest absolute Gasteiger partial charge is 0.255 e. The van der Waals surface area contributed by atoms with Crippen molar-refractivity contribution in [2.24, 2.45) is 5.92 Å². The maximum Gasteiger partial charge on any atom is 0.255 e. The van der Waals surface area contributed by atoms with Gasteiger partial charge in [-0.1, -0.05) is 18.0 Å². The highest BCUT2D eigenvalue weighted by Gasteiger charge is 2.28. The molecule has 2 N–H and O–H groups in total. The first-order valence-electron chi connectivity index (χ1n) is 5.97. The predicted molar refractivity (Wildman–Crippen MR) is 72.4 cm³/mol. The Balaban J connectivity index is 2.07. The molecule has 0 radical (unpaired) electrons. The van der Waals surface area contributed by atoms with Crippen LogP contribution in [-0.4, -0.2) is 22.9 Å². The van der Waals surface area contributed by atoms with E-state index in [1.807, 2.05) is 0 Å². The highest BCUT2D eigenvalue weighted by molar-refractivity contribution is 6.30. The number of aromatic hydroxyl groups is 1. The normalized spacial score (nSPS) is 23.0. The molecule has 1 fully saturated rings. The lowest BCUT2D eigenvalue weighted by Crippen LogP contribution is -2.37. The van der Waals surface area contributed by atoms with Gasteiger partial charge in [-0.05, 0) is 37.0 Å². The third-order valence-corrected chi connectivity index (χ3v) is 4.01. The SMILES string of the molecule is O=C(NC1CCCC1CCl)c1ccc(Cl)cc1O. The van der Waals surface area contributed by atoms with Crippen molar-refractivity contribution in [2.45, 2.75) is 25.3 Å². The predicted octanol–water partition coefficient (Wildman–Crippen LogP) is 3.18. The van der Waals surface area contributed by atoms with Crippen molar-refractivity contribution < 1.29 is 9.90 Å². The number of hydrogen-bond acceptors (Lipinski definition) is 2. The molecule has 98 valence electrons. The Morgan fingerprint density at radius 2 is 2.22 bits per heavy atom. The Kier molecular flexibility index (Phi) is 4.36. The number of rotatable bonds is 3. The summed E-state index contributed by atoms with van der Waals surface area (Å²) in [6.45, 7) is 0. The molecule has 1 aliphatic carbocycles. The summed E-state index contributed by atoms with van der Waals surface area (Å²) in [5.74, 6) is 0.508. The van der Waals surface area contributed by atoms with Crippen molar-refractivity contribution in [1.82, 2.24) is 5.32 Å². The first-order chi connectivity index (χ1) is 8.61. The maximum absolute atomic E-state index is 12.0. The van der Waals surface area contributed by atoms with Crippen LogP contribution in [0.4, 0.5) is 0 Å². The van der Waals surface area contributed by atoms with Crippen LogP contribution in [0.3, 0.4) is 0 Å². The van der Waals surface area contributed by atoms with E-state index in [9.17, 15) is 9.90 Å². The standard InChI is InChI=1S/C13H15Cl2NO2/c14-7-8-2-1-3-11(8)16-13(18)10-5-4-9(15)6-12(10)17/h4-6,8,11,17H,1-3,7H2,(H,16,18). The van der Waals surface area contributed by atoms with Crippen LogP contribution in [0.2, 0.25) is 5.02 Å². The van der Waals surface area contributed by atoms with Crippen molar-refractivity contribution in [3.05, 3.63) is 28.8 Å². The summed E-state index contributed by atoms with van der Waals surface area (Å²) < 4.78 is 0. The van der Waals surface area contributed by atoms with Gasteiger partial charge in [-0.25, -0.2) is 0 Å². The zero-order valence-corrected chi connectivity index (χ0v) is 11.3. The molecule has 2 unspecified atom stereocenters. The molecule has 0 aromatic heterocycles. The Morgan fingerprint density at radius 3 is 2.89 bits per heavy atom. The number of hydrogen-bond donors (Lipinski definition) is 2. The van der Waals surface area contributed by atoms with Gasteiger partial charge < -0.3 is 10.4 Å². The number of halogens is 2. The highest BCUT2D eigenvalue weighted by Crippen LogP contribution is 2.28. The Morgan fingerprint density at radius 1 is 1.44 bits per heavy atom. The average Bonchev–Trinajstić information content (AvgIpc) is 2.76. The van der Waals surface area contributed by atoms with Crippen LogP contribution in [0.25, 0.3) is 0 Å². The average molecular weight is 288 g/mol. The van der Waals surface area contributed by atoms with E-state index in [0.29, 0.717) is 16.8 Å². The van der Waals surface area contributed by atoms with Crippen LogP contribution in [0.15, 0.2) is 18.2 Å². The van der Waals surface area contributed by atoms with Gasteiger partial charge in [0.05, 0.1) is 5.56 Å². The molecule has 3 nitrogen and oxygen atoms in total. The zero-order chi connectivity index (χ0) is 13.1. The Bertz CT molecular complexity index is 451. The van der Waals surface area contributed by atoms with E-state index in [0.717, 1.165) is 19.3 Å². The molecular weight excluding hydrogens is 273 g/mol. The fourth-order valence-electron chi connectivity index (χ4n) is 2.35. The third kappa shape index (κ3) is 2.90. The topological polar surface area (TPSA) is 49.3 Å². The van der Waals surface area contributed by atoms with Crippen LogP contribution in [0.1, 0.15) is 29.6 Å². The summed E-state index contributed by atoms with van der Waals surface area (Å²) in [5, 5.41) is 13.0. The van der Waals surface area contributed by atoms with Crippen molar-refractivity contribution in [3.63, 3.8) is 0 Å². The molecule has 5 heteroatoms. The second-order valence-corrected chi connectivity index (χ2v) is 5.33. The van der Waals surface area contributed by atoms with Gasteiger partial charge in [0.2, 0.25) is 0 Å².